The first-order chi connectivity index (χ1) is 8.75. The quantitative estimate of drug-likeness (QED) is 0.445. The fourth-order valence-electron chi connectivity index (χ4n) is 2.41. The Morgan fingerprint density at radius 3 is 2.72 bits per heavy atom. The Labute approximate surface area is 105 Å². The minimum atomic E-state index is -0.689. The number of nitrogens with one attached hydrogen (secondary N) is 4. The van der Waals surface area contributed by atoms with E-state index in [1.165, 1.54) is 0 Å². The van der Waals surface area contributed by atoms with E-state index >= 15 is 0 Å². The molecule has 0 bridgehead atoms. The summed E-state index contributed by atoms with van der Waals surface area (Å²) in [5.74, 6) is -0.0472. The molecule has 2 saturated heterocycles. The highest BCUT2D eigenvalue weighted by Gasteiger charge is 2.42. The summed E-state index contributed by atoms with van der Waals surface area (Å²) < 4.78 is 0. The first-order valence-electron chi connectivity index (χ1n) is 6.02. The van der Waals surface area contributed by atoms with Gasteiger partial charge in [0, 0.05) is 0 Å². The third-order valence-electron chi connectivity index (χ3n) is 3.38. The van der Waals surface area contributed by atoms with E-state index in [4.69, 9.17) is 0 Å². The van der Waals surface area contributed by atoms with E-state index in [0.29, 0.717) is 6.67 Å². The highest BCUT2D eigenvalue weighted by Crippen LogP contribution is 2.19. The maximum absolute atomic E-state index is 11.6. The number of aliphatic hydroxyl groups is 1. The molecule has 0 aliphatic carbocycles. The van der Waals surface area contributed by atoms with Gasteiger partial charge >= 0.3 is 0 Å². The lowest BCUT2D eigenvalue weighted by Crippen LogP contribution is -2.61. The molecular formula is C12H16N4O2. The molecule has 1 aromatic carbocycles. The van der Waals surface area contributed by atoms with Crippen LogP contribution in [0.2, 0.25) is 0 Å². The van der Waals surface area contributed by atoms with E-state index < -0.39 is 6.10 Å². The van der Waals surface area contributed by atoms with Crippen molar-refractivity contribution < 1.29 is 9.90 Å². The first-order valence-corrected chi connectivity index (χ1v) is 6.02. The van der Waals surface area contributed by atoms with Gasteiger partial charge in [-0.2, -0.15) is 0 Å². The molecule has 6 nitrogen and oxygen atoms in total. The van der Waals surface area contributed by atoms with Crippen molar-refractivity contribution in [1.29, 1.82) is 0 Å². The topological polar surface area (TPSA) is 85.4 Å². The molecule has 0 aromatic heterocycles. The maximum atomic E-state index is 11.6. The van der Waals surface area contributed by atoms with Crippen LogP contribution >= 0.6 is 0 Å². The van der Waals surface area contributed by atoms with Crippen LogP contribution in [0.25, 0.3) is 0 Å². The standard InChI is InChI=1S/C12H16N4O2/c17-9(7-4-2-1-3-5-7)11-15-8-10(16-11)13-6-14-12(8)18/h1-5,8-11,13,15-17H,6H2,(H,14,18)/t8?,9-,10?,11?/m0/s1. The van der Waals surface area contributed by atoms with Crippen LogP contribution in [0.5, 0.6) is 0 Å². The molecule has 18 heavy (non-hydrogen) atoms. The Kier molecular flexibility index (Phi) is 3.00. The lowest BCUT2D eigenvalue weighted by molar-refractivity contribution is -0.124. The summed E-state index contributed by atoms with van der Waals surface area (Å²) >= 11 is 0. The van der Waals surface area contributed by atoms with E-state index in [-0.39, 0.29) is 24.3 Å². The molecule has 0 spiro atoms. The number of amides is 1. The number of hydrogen-bond acceptors (Lipinski definition) is 5. The first kappa shape index (κ1) is 11.6. The van der Waals surface area contributed by atoms with Crippen LogP contribution in [0.15, 0.2) is 30.3 Å². The number of aliphatic hydroxyl groups excluding tert-OH is 1. The molecule has 3 rings (SSSR count). The molecular weight excluding hydrogens is 232 g/mol. The largest absolute Gasteiger partial charge is 0.385 e. The fraction of sp³-hybridized carbons (Fsp3) is 0.417. The van der Waals surface area contributed by atoms with Crippen LogP contribution in [0.4, 0.5) is 0 Å². The minimum Gasteiger partial charge on any atom is -0.385 e. The molecule has 0 saturated carbocycles. The molecule has 2 fully saturated rings. The summed E-state index contributed by atoms with van der Waals surface area (Å²) in [5, 5.41) is 22.4. The predicted molar refractivity (Wildman–Crippen MR) is 65.2 cm³/mol. The van der Waals surface area contributed by atoms with Crippen molar-refractivity contribution in [3.63, 3.8) is 0 Å². The van der Waals surface area contributed by atoms with Crippen LogP contribution in [-0.2, 0) is 4.79 Å². The van der Waals surface area contributed by atoms with Gasteiger partial charge in [0.05, 0.1) is 19.0 Å². The van der Waals surface area contributed by atoms with Crippen molar-refractivity contribution in [3.8, 4) is 0 Å². The molecule has 2 heterocycles. The van der Waals surface area contributed by atoms with Gasteiger partial charge in [-0.1, -0.05) is 30.3 Å². The highest BCUT2D eigenvalue weighted by atomic mass is 16.3. The van der Waals surface area contributed by atoms with Gasteiger partial charge in [-0.05, 0) is 5.56 Å². The summed E-state index contributed by atoms with van der Waals surface area (Å²) in [6.45, 7) is 0.447. The van der Waals surface area contributed by atoms with Crippen LogP contribution in [0.1, 0.15) is 11.7 Å². The Morgan fingerprint density at radius 1 is 1.22 bits per heavy atom. The monoisotopic (exact) mass is 248 g/mol. The van der Waals surface area contributed by atoms with Crippen LogP contribution < -0.4 is 21.3 Å². The van der Waals surface area contributed by atoms with Crippen molar-refractivity contribution in [2.24, 2.45) is 0 Å². The van der Waals surface area contributed by atoms with E-state index in [9.17, 15) is 9.90 Å². The Hall–Kier alpha value is -1.47. The smallest absolute Gasteiger partial charge is 0.241 e. The van der Waals surface area contributed by atoms with E-state index in [0.717, 1.165) is 5.56 Å². The summed E-state index contributed by atoms with van der Waals surface area (Å²) in [6, 6.07) is 9.05. The highest BCUT2D eigenvalue weighted by molar-refractivity contribution is 5.83. The van der Waals surface area contributed by atoms with Crippen LogP contribution in [0.3, 0.4) is 0 Å². The second-order valence-corrected chi connectivity index (χ2v) is 4.54. The molecule has 1 aromatic rings. The second kappa shape index (κ2) is 4.66. The molecule has 0 radical (unpaired) electrons. The lowest BCUT2D eigenvalue weighted by Gasteiger charge is -2.25. The molecule has 3 unspecified atom stereocenters. The number of hydrogen-bond donors (Lipinski definition) is 5. The maximum Gasteiger partial charge on any atom is 0.241 e. The number of fused-ring (bicyclic) bond motifs is 1. The van der Waals surface area contributed by atoms with Gasteiger partial charge in [0.25, 0.3) is 0 Å². The average Bonchev–Trinajstić information content (AvgIpc) is 2.84. The Morgan fingerprint density at radius 2 is 2.00 bits per heavy atom. The zero-order chi connectivity index (χ0) is 12.5. The van der Waals surface area contributed by atoms with Gasteiger partial charge in [0.1, 0.15) is 12.1 Å². The normalized spacial score (nSPS) is 32.7. The summed E-state index contributed by atoms with van der Waals surface area (Å²) in [7, 11) is 0. The minimum absolute atomic E-state index is 0.0472. The van der Waals surface area contributed by atoms with Crippen molar-refractivity contribution in [2.75, 3.05) is 6.67 Å². The van der Waals surface area contributed by atoms with Gasteiger partial charge in [-0.25, -0.2) is 0 Å². The Balaban J connectivity index is 1.73. The summed E-state index contributed by atoms with van der Waals surface area (Å²) in [6.07, 6.45) is -1.16. The van der Waals surface area contributed by atoms with Gasteiger partial charge < -0.3 is 10.4 Å². The number of carbonyl (C=O) groups is 1. The van der Waals surface area contributed by atoms with Gasteiger partial charge in [0.15, 0.2) is 0 Å². The number of benzene rings is 1. The fourth-order valence-corrected chi connectivity index (χ4v) is 2.41. The van der Waals surface area contributed by atoms with E-state index in [1.54, 1.807) is 0 Å². The molecule has 4 atom stereocenters. The number of carbonyl (C=O) groups excluding carboxylic acids is 1. The molecule has 2 aliphatic heterocycles. The third-order valence-corrected chi connectivity index (χ3v) is 3.38. The van der Waals surface area contributed by atoms with Gasteiger partial charge in [0.2, 0.25) is 5.91 Å². The molecule has 96 valence electrons. The second-order valence-electron chi connectivity index (χ2n) is 4.54. The Bertz CT molecular complexity index is 439. The van der Waals surface area contributed by atoms with Crippen molar-refractivity contribution in [3.05, 3.63) is 35.9 Å². The summed E-state index contributed by atoms with van der Waals surface area (Å²) in [4.78, 5) is 11.6. The van der Waals surface area contributed by atoms with Crippen molar-refractivity contribution in [2.45, 2.75) is 24.5 Å². The molecule has 6 heteroatoms. The molecule has 5 N–H and O–H groups in total. The van der Waals surface area contributed by atoms with E-state index in [1.807, 2.05) is 30.3 Å². The van der Waals surface area contributed by atoms with E-state index in [2.05, 4.69) is 21.3 Å². The zero-order valence-electron chi connectivity index (χ0n) is 9.76. The predicted octanol–water partition coefficient (Wildman–Crippen LogP) is -1.39. The van der Waals surface area contributed by atoms with Gasteiger partial charge in [-0.15, -0.1) is 0 Å². The summed E-state index contributed by atoms with van der Waals surface area (Å²) in [5.41, 5.74) is 0.821. The lowest BCUT2D eigenvalue weighted by atomic mass is 10.1. The van der Waals surface area contributed by atoms with Crippen LogP contribution in [-0.4, -0.2) is 36.1 Å². The SMILES string of the molecule is O=C1NCNC2NC([C@@H](O)c3ccccc3)NC12. The average molecular weight is 248 g/mol. The number of rotatable bonds is 2. The van der Waals surface area contributed by atoms with Crippen LogP contribution in [0, 0.1) is 0 Å². The van der Waals surface area contributed by atoms with Crippen molar-refractivity contribution >= 4 is 5.91 Å². The van der Waals surface area contributed by atoms with Crippen molar-refractivity contribution in [1.82, 2.24) is 21.3 Å². The third kappa shape index (κ3) is 1.99. The molecule has 2 aliphatic rings. The van der Waals surface area contributed by atoms with Gasteiger partial charge in [-0.3, -0.25) is 20.7 Å². The zero-order valence-corrected chi connectivity index (χ0v) is 9.76. The molecule has 1 amide bonds.